The van der Waals surface area contributed by atoms with Crippen LogP contribution in [0.5, 0.6) is 0 Å². The molecule has 0 aromatic carbocycles. The molecule has 0 heterocycles. The molecule has 0 saturated carbocycles. The maximum Gasteiger partial charge on any atom is 0.332 e. The molecule has 6 heteroatoms. The molecule has 0 aromatic heterocycles. The van der Waals surface area contributed by atoms with Crippen LogP contribution in [-0.2, 0) is 19.2 Å². The standard InChI is InChI=1S/C24H40O6/c1-3-5-7-9-11-13-15-19(25)17-21(23(27)28)22(24(29)30)18-20(26)16-14-12-10-8-6-4-2/h3-18H2,1-2H3,(H,27,28)(H,29,30). The van der Waals surface area contributed by atoms with Crippen molar-refractivity contribution in [3.8, 4) is 0 Å². The number of carboxylic acids is 2. The number of hydrogen-bond acceptors (Lipinski definition) is 4. The molecule has 0 amide bonds. The van der Waals surface area contributed by atoms with Gasteiger partial charge < -0.3 is 10.2 Å². The first-order chi connectivity index (χ1) is 14.3. The predicted octanol–water partition coefficient (Wildman–Crippen LogP) is 5.87. The summed E-state index contributed by atoms with van der Waals surface area (Å²) in [6.45, 7) is 4.25. The first kappa shape index (κ1) is 28.0. The second-order valence-corrected chi connectivity index (χ2v) is 8.03. The Labute approximate surface area is 181 Å². The lowest BCUT2D eigenvalue weighted by Crippen LogP contribution is -2.17. The van der Waals surface area contributed by atoms with Crippen LogP contribution >= 0.6 is 0 Å². The minimum Gasteiger partial charge on any atom is -0.478 e. The van der Waals surface area contributed by atoms with Crippen LogP contribution in [0.15, 0.2) is 11.1 Å². The summed E-state index contributed by atoms with van der Waals surface area (Å²) >= 11 is 0. The maximum atomic E-state index is 12.2. The highest BCUT2D eigenvalue weighted by molar-refractivity contribution is 6.05. The zero-order valence-corrected chi connectivity index (χ0v) is 18.8. The average molecular weight is 425 g/mol. The van der Waals surface area contributed by atoms with Gasteiger partial charge in [0.25, 0.3) is 0 Å². The minimum absolute atomic E-state index is 0.238. The van der Waals surface area contributed by atoms with E-state index in [-0.39, 0.29) is 24.4 Å². The van der Waals surface area contributed by atoms with Crippen molar-refractivity contribution in [2.75, 3.05) is 0 Å². The average Bonchev–Trinajstić information content (AvgIpc) is 2.69. The minimum atomic E-state index is -1.43. The number of Topliss-reactive ketones (excluding diaryl/α,β-unsaturated/α-hetero) is 2. The van der Waals surface area contributed by atoms with Crippen molar-refractivity contribution in [2.45, 2.75) is 117 Å². The number of ketones is 2. The lowest BCUT2D eigenvalue weighted by Gasteiger charge is -2.09. The SMILES string of the molecule is CCCCCCCCC(=O)CC(C(=O)O)=C(CC(=O)CCCCCCCC)C(=O)O. The fourth-order valence-electron chi connectivity index (χ4n) is 3.40. The molecule has 0 fully saturated rings. The van der Waals surface area contributed by atoms with Crippen molar-refractivity contribution >= 4 is 23.5 Å². The van der Waals surface area contributed by atoms with E-state index in [9.17, 15) is 29.4 Å². The Morgan fingerprint density at radius 1 is 0.500 bits per heavy atom. The molecule has 0 aliphatic rings. The molecule has 0 rings (SSSR count). The molecule has 0 aliphatic carbocycles. The van der Waals surface area contributed by atoms with Crippen molar-refractivity contribution in [3.63, 3.8) is 0 Å². The van der Waals surface area contributed by atoms with Gasteiger partial charge in [-0.3, -0.25) is 9.59 Å². The summed E-state index contributed by atoms with van der Waals surface area (Å²) in [6.07, 6.45) is 11.7. The molecule has 172 valence electrons. The van der Waals surface area contributed by atoms with Gasteiger partial charge in [-0.15, -0.1) is 0 Å². The molecule has 6 nitrogen and oxygen atoms in total. The lowest BCUT2D eigenvalue weighted by atomic mass is 9.95. The summed E-state index contributed by atoms with van der Waals surface area (Å²) in [5, 5.41) is 18.9. The maximum absolute atomic E-state index is 12.2. The highest BCUT2D eigenvalue weighted by atomic mass is 16.4. The third kappa shape index (κ3) is 14.1. The van der Waals surface area contributed by atoms with Gasteiger partial charge in [-0.2, -0.15) is 0 Å². The first-order valence-corrected chi connectivity index (χ1v) is 11.5. The van der Waals surface area contributed by atoms with E-state index in [0.717, 1.165) is 64.2 Å². The van der Waals surface area contributed by atoms with Crippen molar-refractivity contribution in [1.29, 1.82) is 0 Å². The Morgan fingerprint density at radius 2 is 0.800 bits per heavy atom. The van der Waals surface area contributed by atoms with E-state index in [1.165, 1.54) is 0 Å². The second kappa shape index (κ2) is 17.8. The molecule has 0 aromatic rings. The number of unbranched alkanes of at least 4 members (excludes halogenated alkanes) is 10. The number of hydrogen-bond donors (Lipinski definition) is 2. The van der Waals surface area contributed by atoms with Gasteiger partial charge in [0.2, 0.25) is 0 Å². The van der Waals surface area contributed by atoms with Gasteiger partial charge in [0.05, 0.1) is 11.1 Å². The van der Waals surface area contributed by atoms with E-state index < -0.39 is 35.9 Å². The van der Waals surface area contributed by atoms with Gasteiger partial charge in [0.15, 0.2) is 0 Å². The van der Waals surface area contributed by atoms with Crippen molar-refractivity contribution < 1.29 is 29.4 Å². The molecular formula is C24H40O6. The molecule has 30 heavy (non-hydrogen) atoms. The number of carboxylic acid groups (broad SMARTS) is 2. The van der Waals surface area contributed by atoms with Gasteiger partial charge in [-0.05, 0) is 12.8 Å². The van der Waals surface area contributed by atoms with E-state index in [1.807, 2.05) is 0 Å². The van der Waals surface area contributed by atoms with E-state index in [2.05, 4.69) is 13.8 Å². The van der Waals surface area contributed by atoms with Gasteiger partial charge in [-0.1, -0.05) is 78.1 Å². The molecular weight excluding hydrogens is 384 g/mol. The van der Waals surface area contributed by atoms with Crippen LogP contribution in [0.1, 0.15) is 117 Å². The number of carbonyl (C=O) groups is 4. The summed E-state index contributed by atoms with van der Waals surface area (Å²) in [6, 6.07) is 0. The number of carbonyl (C=O) groups excluding carboxylic acids is 2. The quantitative estimate of drug-likeness (QED) is 0.187. The fraction of sp³-hybridized carbons (Fsp3) is 0.750. The highest BCUT2D eigenvalue weighted by Gasteiger charge is 2.24. The predicted molar refractivity (Wildman–Crippen MR) is 118 cm³/mol. The smallest absolute Gasteiger partial charge is 0.332 e. The molecule has 0 atom stereocenters. The fourth-order valence-corrected chi connectivity index (χ4v) is 3.40. The van der Waals surface area contributed by atoms with E-state index in [0.29, 0.717) is 12.8 Å². The zero-order chi connectivity index (χ0) is 22.8. The molecule has 0 radical (unpaired) electrons. The summed E-state index contributed by atoms with van der Waals surface area (Å²) in [7, 11) is 0. The zero-order valence-electron chi connectivity index (χ0n) is 18.8. The van der Waals surface area contributed by atoms with Crippen LogP contribution in [0, 0.1) is 0 Å². The normalized spacial score (nSPS) is 11.8. The molecule has 0 saturated heterocycles. The third-order valence-electron chi connectivity index (χ3n) is 5.25. The summed E-state index contributed by atoms with van der Waals surface area (Å²) < 4.78 is 0. The van der Waals surface area contributed by atoms with Crippen molar-refractivity contribution in [2.24, 2.45) is 0 Å². The van der Waals surface area contributed by atoms with Gasteiger partial charge in [0.1, 0.15) is 11.6 Å². The molecule has 0 spiro atoms. The van der Waals surface area contributed by atoms with E-state index in [4.69, 9.17) is 0 Å². The molecule has 0 bridgehead atoms. The van der Waals surface area contributed by atoms with E-state index in [1.54, 1.807) is 0 Å². The largest absolute Gasteiger partial charge is 0.478 e. The van der Waals surface area contributed by atoms with Crippen LogP contribution in [-0.4, -0.2) is 33.7 Å². The van der Waals surface area contributed by atoms with Gasteiger partial charge in [0, 0.05) is 25.7 Å². The second-order valence-electron chi connectivity index (χ2n) is 8.03. The molecule has 0 unspecified atom stereocenters. The van der Waals surface area contributed by atoms with Crippen LogP contribution in [0.25, 0.3) is 0 Å². The summed E-state index contributed by atoms with van der Waals surface area (Å²) in [5.74, 6) is -3.44. The topological polar surface area (TPSA) is 109 Å². The van der Waals surface area contributed by atoms with Crippen molar-refractivity contribution in [1.82, 2.24) is 0 Å². The van der Waals surface area contributed by atoms with Crippen LogP contribution < -0.4 is 0 Å². The highest BCUT2D eigenvalue weighted by Crippen LogP contribution is 2.19. The Balaban J connectivity index is 4.71. The Morgan fingerprint density at radius 3 is 1.10 bits per heavy atom. The Bertz CT molecular complexity index is 526. The summed E-state index contributed by atoms with van der Waals surface area (Å²) in [4.78, 5) is 47.5. The number of rotatable bonds is 20. The van der Waals surface area contributed by atoms with Crippen LogP contribution in [0.4, 0.5) is 0 Å². The van der Waals surface area contributed by atoms with E-state index >= 15 is 0 Å². The Hall–Kier alpha value is -1.98. The first-order valence-electron chi connectivity index (χ1n) is 11.5. The van der Waals surface area contributed by atoms with Crippen molar-refractivity contribution in [3.05, 3.63) is 11.1 Å². The molecule has 0 aliphatic heterocycles. The third-order valence-corrected chi connectivity index (χ3v) is 5.25. The Kier molecular flexibility index (Phi) is 16.7. The van der Waals surface area contributed by atoms with Gasteiger partial charge >= 0.3 is 11.9 Å². The summed E-state index contributed by atoms with van der Waals surface area (Å²) in [5.41, 5.74) is -0.899. The lowest BCUT2D eigenvalue weighted by molar-refractivity contribution is -0.137. The van der Waals surface area contributed by atoms with Crippen LogP contribution in [0.2, 0.25) is 0 Å². The molecule has 2 N–H and O–H groups in total. The van der Waals surface area contributed by atoms with Gasteiger partial charge in [-0.25, -0.2) is 9.59 Å². The monoisotopic (exact) mass is 424 g/mol. The number of aliphatic carboxylic acids is 2. The van der Waals surface area contributed by atoms with Crippen LogP contribution in [0.3, 0.4) is 0 Å².